The van der Waals surface area contributed by atoms with Gasteiger partial charge in [-0.25, -0.2) is 9.97 Å². The van der Waals surface area contributed by atoms with E-state index >= 15 is 0 Å². The van der Waals surface area contributed by atoms with Crippen molar-refractivity contribution in [1.29, 1.82) is 0 Å². The molecule has 5 nitrogen and oxygen atoms in total. The lowest BCUT2D eigenvalue weighted by atomic mass is 10.2. The summed E-state index contributed by atoms with van der Waals surface area (Å²) in [5.41, 5.74) is 0.789. The maximum Gasteiger partial charge on any atom is 0.325 e. The molecule has 2 aromatic rings. The Morgan fingerprint density at radius 2 is 2.06 bits per heavy atom. The summed E-state index contributed by atoms with van der Waals surface area (Å²) in [6.07, 6.45) is 1.42. The van der Waals surface area contributed by atoms with Crippen molar-refractivity contribution in [1.82, 2.24) is 9.97 Å². The molecule has 1 heterocycles. The standard InChI is InChI=1S/C11H11N3O2.ClH/c1-7(11(15)16)14-10-8-4-2-3-5-9(8)12-6-13-10;/h2-7H,1H3,(H,15,16)(H,12,13,14);1H. The van der Waals surface area contributed by atoms with Crippen molar-refractivity contribution in [2.45, 2.75) is 13.0 Å². The van der Waals surface area contributed by atoms with Gasteiger partial charge in [-0.3, -0.25) is 4.79 Å². The van der Waals surface area contributed by atoms with Crippen LogP contribution in [-0.2, 0) is 4.79 Å². The Balaban J connectivity index is 0.00000144. The minimum Gasteiger partial charge on any atom is -0.480 e. The number of benzene rings is 1. The van der Waals surface area contributed by atoms with E-state index in [9.17, 15) is 4.79 Å². The maximum atomic E-state index is 10.7. The number of hydrogen-bond donors (Lipinski definition) is 2. The second-order valence-corrected chi connectivity index (χ2v) is 3.44. The summed E-state index contributed by atoms with van der Waals surface area (Å²) < 4.78 is 0. The van der Waals surface area contributed by atoms with E-state index < -0.39 is 12.0 Å². The summed E-state index contributed by atoms with van der Waals surface area (Å²) in [5.74, 6) is -0.372. The number of anilines is 1. The second-order valence-electron chi connectivity index (χ2n) is 3.44. The van der Waals surface area contributed by atoms with Gasteiger partial charge in [0.1, 0.15) is 18.2 Å². The van der Waals surface area contributed by atoms with E-state index in [2.05, 4.69) is 15.3 Å². The van der Waals surface area contributed by atoms with Crippen LogP contribution in [0.5, 0.6) is 0 Å². The number of fused-ring (bicyclic) bond motifs is 1. The van der Waals surface area contributed by atoms with Gasteiger partial charge in [-0.15, -0.1) is 12.4 Å². The van der Waals surface area contributed by atoms with Crippen LogP contribution in [0, 0.1) is 0 Å². The number of halogens is 1. The molecule has 6 heteroatoms. The molecule has 0 amide bonds. The van der Waals surface area contributed by atoms with Gasteiger partial charge in [0.05, 0.1) is 5.52 Å². The van der Waals surface area contributed by atoms with E-state index in [4.69, 9.17) is 5.11 Å². The predicted molar refractivity (Wildman–Crippen MR) is 67.5 cm³/mol. The number of aromatic nitrogens is 2. The van der Waals surface area contributed by atoms with Crippen LogP contribution in [0.3, 0.4) is 0 Å². The SMILES string of the molecule is CC(Nc1ncnc2ccccc12)C(=O)O.Cl. The molecule has 0 aliphatic rings. The van der Waals surface area contributed by atoms with E-state index in [0.29, 0.717) is 5.82 Å². The Bertz CT molecular complexity index is 528. The number of hydrogen-bond acceptors (Lipinski definition) is 4. The van der Waals surface area contributed by atoms with Crippen LogP contribution in [0.4, 0.5) is 5.82 Å². The van der Waals surface area contributed by atoms with E-state index in [1.54, 1.807) is 6.92 Å². The van der Waals surface area contributed by atoms with Gasteiger partial charge in [0, 0.05) is 5.39 Å². The number of rotatable bonds is 3. The summed E-state index contributed by atoms with van der Waals surface area (Å²) >= 11 is 0. The number of para-hydroxylation sites is 1. The Hall–Kier alpha value is -1.88. The highest BCUT2D eigenvalue weighted by Crippen LogP contribution is 2.18. The first-order valence-corrected chi connectivity index (χ1v) is 4.87. The van der Waals surface area contributed by atoms with E-state index in [-0.39, 0.29) is 12.4 Å². The lowest BCUT2D eigenvalue weighted by molar-refractivity contribution is -0.137. The zero-order valence-electron chi connectivity index (χ0n) is 9.12. The van der Waals surface area contributed by atoms with Crippen LogP contribution >= 0.6 is 12.4 Å². The Kier molecular flexibility index (Phi) is 4.23. The number of nitrogens with zero attached hydrogens (tertiary/aromatic N) is 2. The van der Waals surface area contributed by atoms with Gasteiger partial charge in [-0.1, -0.05) is 12.1 Å². The van der Waals surface area contributed by atoms with Gasteiger partial charge in [-0.2, -0.15) is 0 Å². The topological polar surface area (TPSA) is 75.1 Å². The Morgan fingerprint density at radius 3 is 2.76 bits per heavy atom. The average molecular weight is 254 g/mol. The predicted octanol–water partition coefficient (Wildman–Crippen LogP) is 1.94. The van der Waals surface area contributed by atoms with Gasteiger partial charge in [0.15, 0.2) is 0 Å². The van der Waals surface area contributed by atoms with Crippen molar-refractivity contribution in [3.05, 3.63) is 30.6 Å². The minimum absolute atomic E-state index is 0. The number of carboxylic acids is 1. The van der Waals surface area contributed by atoms with Crippen LogP contribution in [-0.4, -0.2) is 27.1 Å². The molecule has 0 saturated carbocycles. The second kappa shape index (κ2) is 5.45. The molecule has 1 unspecified atom stereocenters. The Labute approximate surface area is 104 Å². The number of nitrogens with one attached hydrogen (secondary N) is 1. The molecule has 17 heavy (non-hydrogen) atoms. The van der Waals surface area contributed by atoms with Gasteiger partial charge in [0.2, 0.25) is 0 Å². The fourth-order valence-electron chi connectivity index (χ4n) is 1.39. The highest BCUT2D eigenvalue weighted by Gasteiger charge is 2.12. The summed E-state index contributed by atoms with van der Waals surface area (Å²) in [6.45, 7) is 1.57. The molecule has 1 aromatic heterocycles. The van der Waals surface area contributed by atoms with Crippen LogP contribution in [0.2, 0.25) is 0 Å². The molecule has 0 aliphatic heterocycles. The third-order valence-electron chi connectivity index (χ3n) is 2.27. The molecular weight excluding hydrogens is 242 g/mol. The fourth-order valence-corrected chi connectivity index (χ4v) is 1.39. The van der Waals surface area contributed by atoms with E-state index in [1.165, 1.54) is 6.33 Å². The van der Waals surface area contributed by atoms with Crippen molar-refractivity contribution in [3.8, 4) is 0 Å². The van der Waals surface area contributed by atoms with Crippen molar-refractivity contribution in [2.24, 2.45) is 0 Å². The molecular formula is C11H12ClN3O2. The quantitative estimate of drug-likeness (QED) is 0.874. The third-order valence-corrected chi connectivity index (χ3v) is 2.27. The van der Waals surface area contributed by atoms with Gasteiger partial charge in [-0.05, 0) is 19.1 Å². The first-order chi connectivity index (χ1) is 7.68. The molecule has 1 atom stereocenters. The minimum atomic E-state index is -0.914. The summed E-state index contributed by atoms with van der Waals surface area (Å²) in [4.78, 5) is 18.9. The molecule has 0 spiro atoms. The summed E-state index contributed by atoms with van der Waals surface area (Å²) in [7, 11) is 0. The van der Waals surface area contributed by atoms with Gasteiger partial charge >= 0.3 is 5.97 Å². The summed E-state index contributed by atoms with van der Waals surface area (Å²) in [5, 5.41) is 12.5. The maximum absolute atomic E-state index is 10.7. The lowest BCUT2D eigenvalue weighted by Crippen LogP contribution is -2.26. The molecule has 0 aliphatic carbocycles. The molecule has 0 fully saturated rings. The highest BCUT2D eigenvalue weighted by atomic mass is 35.5. The largest absolute Gasteiger partial charge is 0.480 e. The number of aliphatic carboxylic acids is 1. The first-order valence-electron chi connectivity index (χ1n) is 4.87. The molecule has 90 valence electrons. The molecule has 1 aromatic carbocycles. The van der Waals surface area contributed by atoms with E-state index in [0.717, 1.165) is 10.9 Å². The van der Waals surface area contributed by atoms with Crippen molar-refractivity contribution >= 4 is 35.1 Å². The van der Waals surface area contributed by atoms with Crippen LogP contribution in [0.15, 0.2) is 30.6 Å². The molecule has 0 radical (unpaired) electrons. The van der Waals surface area contributed by atoms with E-state index in [1.807, 2.05) is 24.3 Å². The number of carboxylic acid groups (broad SMARTS) is 1. The molecule has 0 bridgehead atoms. The number of carbonyl (C=O) groups is 1. The lowest BCUT2D eigenvalue weighted by Gasteiger charge is -2.11. The molecule has 0 saturated heterocycles. The molecule has 2 N–H and O–H groups in total. The zero-order valence-corrected chi connectivity index (χ0v) is 9.94. The van der Waals surface area contributed by atoms with Gasteiger partial charge in [0.25, 0.3) is 0 Å². The Morgan fingerprint density at radius 1 is 1.35 bits per heavy atom. The molecule has 2 rings (SSSR count). The van der Waals surface area contributed by atoms with Crippen molar-refractivity contribution < 1.29 is 9.90 Å². The first kappa shape index (κ1) is 13.2. The zero-order chi connectivity index (χ0) is 11.5. The third kappa shape index (κ3) is 2.82. The monoisotopic (exact) mass is 253 g/mol. The van der Waals surface area contributed by atoms with Crippen molar-refractivity contribution in [3.63, 3.8) is 0 Å². The van der Waals surface area contributed by atoms with Gasteiger partial charge < -0.3 is 10.4 Å². The van der Waals surface area contributed by atoms with Crippen molar-refractivity contribution in [2.75, 3.05) is 5.32 Å². The average Bonchev–Trinajstić information content (AvgIpc) is 2.29. The normalized spacial score (nSPS) is 11.6. The van der Waals surface area contributed by atoms with Crippen LogP contribution in [0.25, 0.3) is 10.9 Å². The smallest absolute Gasteiger partial charge is 0.325 e. The van der Waals surface area contributed by atoms with Crippen LogP contribution in [0.1, 0.15) is 6.92 Å². The fraction of sp³-hybridized carbons (Fsp3) is 0.182. The summed E-state index contributed by atoms with van der Waals surface area (Å²) in [6, 6.07) is 6.76. The van der Waals surface area contributed by atoms with Crippen LogP contribution < -0.4 is 5.32 Å². The highest BCUT2D eigenvalue weighted by molar-refractivity contribution is 5.90.